The van der Waals surface area contributed by atoms with E-state index in [2.05, 4.69) is 15.9 Å². The molecule has 0 fully saturated rings. The lowest BCUT2D eigenvalue weighted by atomic mass is 10.2. The highest BCUT2D eigenvalue weighted by atomic mass is 79.9. The summed E-state index contributed by atoms with van der Waals surface area (Å²) in [6.45, 7) is 0. The monoisotopic (exact) mass is 244 g/mol. The largest absolute Gasteiger partial charge is 0.205 e. The van der Waals surface area contributed by atoms with E-state index in [0.29, 0.717) is 0 Å². The van der Waals surface area contributed by atoms with Crippen LogP contribution in [0, 0.1) is 5.82 Å². The van der Waals surface area contributed by atoms with Crippen LogP contribution in [0.1, 0.15) is 4.88 Å². The molecule has 0 spiro atoms. The van der Waals surface area contributed by atoms with Gasteiger partial charge in [0.25, 0.3) is 0 Å². The Bertz CT molecular complexity index is 408. The molecular weight excluding hydrogens is 239 g/mol. The predicted octanol–water partition coefficient (Wildman–Crippen LogP) is 3.94. The van der Waals surface area contributed by atoms with E-state index in [1.165, 1.54) is 17.4 Å². The van der Waals surface area contributed by atoms with Crippen LogP contribution < -0.4 is 0 Å². The zero-order valence-electron chi connectivity index (χ0n) is 6.18. The number of hydrogen-bond donors (Lipinski definition) is 0. The Morgan fingerprint density at radius 1 is 1.42 bits per heavy atom. The standard InChI is InChI=1S/C9H6BrFS/c10-5-7-4-6-2-1-3-8(11)9(6)12-7/h1-4H,5H2. The minimum absolute atomic E-state index is 0.121. The van der Waals surface area contributed by atoms with Crippen LogP contribution in [0.5, 0.6) is 0 Å². The summed E-state index contributed by atoms with van der Waals surface area (Å²) < 4.78 is 13.9. The van der Waals surface area contributed by atoms with Crippen LogP contribution >= 0.6 is 27.3 Å². The van der Waals surface area contributed by atoms with Crippen LogP contribution in [0.3, 0.4) is 0 Å². The van der Waals surface area contributed by atoms with E-state index >= 15 is 0 Å². The van der Waals surface area contributed by atoms with Gasteiger partial charge < -0.3 is 0 Å². The van der Waals surface area contributed by atoms with Gasteiger partial charge in [0.1, 0.15) is 5.82 Å². The van der Waals surface area contributed by atoms with Gasteiger partial charge in [-0.1, -0.05) is 28.1 Å². The average molecular weight is 245 g/mol. The maximum atomic E-state index is 13.1. The third-order valence-corrected chi connectivity index (χ3v) is 3.81. The first-order valence-electron chi connectivity index (χ1n) is 3.54. The molecule has 0 atom stereocenters. The highest BCUT2D eigenvalue weighted by molar-refractivity contribution is 9.08. The van der Waals surface area contributed by atoms with Gasteiger partial charge in [0.05, 0.1) is 4.70 Å². The third-order valence-electron chi connectivity index (χ3n) is 1.68. The first-order valence-corrected chi connectivity index (χ1v) is 5.48. The Hall–Kier alpha value is -0.410. The highest BCUT2D eigenvalue weighted by Gasteiger charge is 2.03. The Morgan fingerprint density at radius 3 is 2.92 bits per heavy atom. The van der Waals surface area contributed by atoms with Gasteiger partial charge >= 0.3 is 0 Å². The van der Waals surface area contributed by atoms with Gasteiger partial charge in [-0.2, -0.15) is 0 Å². The first kappa shape index (κ1) is 8.20. The summed E-state index contributed by atoms with van der Waals surface area (Å²) in [7, 11) is 0. The lowest BCUT2D eigenvalue weighted by Gasteiger charge is -1.87. The van der Waals surface area contributed by atoms with E-state index in [0.717, 1.165) is 20.3 Å². The second-order valence-electron chi connectivity index (χ2n) is 2.50. The van der Waals surface area contributed by atoms with Crippen molar-refractivity contribution >= 4 is 37.4 Å². The molecule has 0 saturated heterocycles. The number of hydrogen-bond acceptors (Lipinski definition) is 1. The van der Waals surface area contributed by atoms with Crippen molar-refractivity contribution < 1.29 is 4.39 Å². The number of benzene rings is 1. The van der Waals surface area contributed by atoms with Crippen molar-refractivity contribution in [3.8, 4) is 0 Å². The Labute approximate surface area is 82.2 Å². The summed E-state index contributed by atoms with van der Waals surface area (Å²) in [5.74, 6) is -0.121. The minimum Gasteiger partial charge on any atom is -0.205 e. The molecule has 0 amide bonds. The summed E-state index contributed by atoms with van der Waals surface area (Å²) >= 11 is 4.85. The van der Waals surface area contributed by atoms with Crippen molar-refractivity contribution in [2.24, 2.45) is 0 Å². The molecule has 0 unspecified atom stereocenters. The Kier molecular flexibility index (Phi) is 2.15. The van der Waals surface area contributed by atoms with Crippen molar-refractivity contribution in [3.05, 3.63) is 35.0 Å². The van der Waals surface area contributed by atoms with Crippen molar-refractivity contribution in [1.82, 2.24) is 0 Å². The van der Waals surface area contributed by atoms with Crippen molar-refractivity contribution in [2.75, 3.05) is 0 Å². The number of fused-ring (bicyclic) bond motifs is 1. The van der Waals surface area contributed by atoms with Gasteiger partial charge in [-0.25, -0.2) is 4.39 Å². The summed E-state index contributed by atoms with van der Waals surface area (Å²) in [5.41, 5.74) is 0. The van der Waals surface area contributed by atoms with Gasteiger partial charge in [0, 0.05) is 10.2 Å². The molecule has 0 aliphatic rings. The van der Waals surface area contributed by atoms with Gasteiger partial charge in [-0.3, -0.25) is 0 Å². The Balaban J connectivity index is 2.74. The molecule has 1 heterocycles. The average Bonchev–Trinajstić information content (AvgIpc) is 2.49. The molecule has 0 bridgehead atoms. The molecule has 0 radical (unpaired) electrons. The summed E-state index contributed by atoms with van der Waals surface area (Å²) in [6.07, 6.45) is 0. The van der Waals surface area contributed by atoms with E-state index in [4.69, 9.17) is 0 Å². The normalized spacial score (nSPS) is 10.8. The van der Waals surface area contributed by atoms with Crippen molar-refractivity contribution in [3.63, 3.8) is 0 Å². The number of thiophene rings is 1. The molecule has 0 saturated carbocycles. The number of alkyl halides is 1. The summed E-state index contributed by atoms with van der Waals surface area (Å²) in [6, 6.07) is 7.18. The maximum Gasteiger partial charge on any atom is 0.140 e. The van der Waals surface area contributed by atoms with E-state index < -0.39 is 0 Å². The minimum atomic E-state index is -0.121. The molecule has 0 N–H and O–H groups in total. The number of rotatable bonds is 1. The van der Waals surface area contributed by atoms with E-state index in [-0.39, 0.29) is 5.82 Å². The van der Waals surface area contributed by atoms with Crippen LogP contribution in [-0.4, -0.2) is 0 Å². The van der Waals surface area contributed by atoms with E-state index in [1.807, 2.05) is 12.1 Å². The molecule has 0 aliphatic heterocycles. The molecular formula is C9H6BrFS. The third kappa shape index (κ3) is 1.27. The fourth-order valence-electron chi connectivity index (χ4n) is 1.15. The molecule has 12 heavy (non-hydrogen) atoms. The van der Waals surface area contributed by atoms with Crippen molar-refractivity contribution in [1.29, 1.82) is 0 Å². The highest BCUT2D eigenvalue weighted by Crippen LogP contribution is 2.28. The van der Waals surface area contributed by atoms with Gasteiger partial charge in [-0.05, 0) is 17.5 Å². The summed E-state index contributed by atoms with van der Waals surface area (Å²) in [5, 5.41) is 1.79. The fraction of sp³-hybridized carbons (Fsp3) is 0.111. The first-order chi connectivity index (χ1) is 5.81. The quantitative estimate of drug-likeness (QED) is 0.667. The molecule has 1 aromatic heterocycles. The molecule has 2 aromatic rings. The molecule has 2 rings (SSSR count). The number of halogens is 2. The van der Waals surface area contributed by atoms with Gasteiger partial charge in [-0.15, -0.1) is 11.3 Å². The molecule has 1 aromatic carbocycles. The zero-order valence-corrected chi connectivity index (χ0v) is 8.58. The van der Waals surface area contributed by atoms with Crippen LogP contribution in [0.2, 0.25) is 0 Å². The lowest BCUT2D eigenvalue weighted by Crippen LogP contribution is -1.69. The Morgan fingerprint density at radius 2 is 2.25 bits per heavy atom. The van der Waals surface area contributed by atoms with Crippen LogP contribution in [0.4, 0.5) is 4.39 Å². The van der Waals surface area contributed by atoms with Gasteiger partial charge in [0.2, 0.25) is 0 Å². The fourth-order valence-corrected chi connectivity index (χ4v) is 2.56. The van der Waals surface area contributed by atoms with Crippen LogP contribution in [0.15, 0.2) is 24.3 Å². The predicted molar refractivity (Wildman–Crippen MR) is 54.4 cm³/mol. The SMILES string of the molecule is Fc1cccc2cc(CBr)sc12. The van der Waals surface area contributed by atoms with Crippen molar-refractivity contribution in [2.45, 2.75) is 5.33 Å². The van der Waals surface area contributed by atoms with E-state index in [9.17, 15) is 4.39 Å². The molecule has 3 heteroatoms. The second kappa shape index (κ2) is 3.15. The zero-order chi connectivity index (χ0) is 8.55. The smallest absolute Gasteiger partial charge is 0.140 e. The van der Waals surface area contributed by atoms with Crippen LogP contribution in [0.25, 0.3) is 10.1 Å². The molecule has 0 aliphatic carbocycles. The van der Waals surface area contributed by atoms with Crippen LogP contribution in [-0.2, 0) is 5.33 Å². The maximum absolute atomic E-state index is 13.1. The van der Waals surface area contributed by atoms with E-state index in [1.54, 1.807) is 6.07 Å². The molecule has 62 valence electrons. The lowest BCUT2D eigenvalue weighted by molar-refractivity contribution is 0.642. The molecule has 0 nitrogen and oxygen atoms in total. The van der Waals surface area contributed by atoms with Gasteiger partial charge in [0.15, 0.2) is 0 Å². The summed E-state index contributed by atoms with van der Waals surface area (Å²) in [4.78, 5) is 1.16. The topological polar surface area (TPSA) is 0 Å². The second-order valence-corrected chi connectivity index (χ2v) is 4.20.